The fourth-order valence-corrected chi connectivity index (χ4v) is 7.06. The van der Waals surface area contributed by atoms with Gasteiger partial charge in [-0.3, -0.25) is 4.79 Å². The van der Waals surface area contributed by atoms with Crippen LogP contribution in [-0.2, 0) is 4.79 Å². The lowest BCUT2D eigenvalue weighted by atomic mass is 9.46. The Bertz CT molecular complexity index is 684. The molecule has 0 amide bonds. The smallest absolute Gasteiger partial charge is 0.178 e. The van der Waals surface area contributed by atoms with Crippen molar-refractivity contribution >= 4 is 5.78 Å². The predicted octanol–water partition coefficient (Wildman–Crippen LogP) is 1.35. The largest absolute Gasteiger partial charge is 0.394 e. The highest BCUT2D eigenvalue weighted by atomic mass is 16.4. The molecule has 0 aliphatic heterocycles. The summed E-state index contributed by atoms with van der Waals surface area (Å²) in [7, 11) is 0. The molecule has 0 spiro atoms. The first kappa shape index (κ1) is 18.4. The number of fused-ring (bicyclic) bond motifs is 5. The lowest BCUT2D eigenvalue weighted by molar-refractivity contribution is -0.204. The van der Waals surface area contributed by atoms with E-state index < -0.39 is 29.8 Å². The van der Waals surface area contributed by atoms with Crippen molar-refractivity contribution in [2.24, 2.45) is 28.6 Å². The van der Waals surface area contributed by atoms with Gasteiger partial charge in [-0.1, -0.05) is 25.5 Å². The summed E-state index contributed by atoms with van der Waals surface area (Å²) < 4.78 is 0. The molecule has 3 saturated carbocycles. The molecule has 4 aliphatic rings. The molecule has 0 aromatic heterocycles. The standard InChI is InChI=1S/C21H30O5/c1-19-7-5-13(23)9-12(19)3-4-14-15-6-8-21(26,17(25)11-22)20(15,2)10-16(24)18(14)19/h5,7,9,14-18,22,24-26H,3-4,6,8,10-11H2,1-2H3/t14?,15?,16-,17?,18?,19-,20-,21-/m0/s1. The van der Waals surface area contributed by atoms with Crippen LogP contribution >= 0.6 is 0 Å². The highest BCUT2D eigenvalue weighted by Gasteiger charge is 2.67. The number of aliphatic hydroxyl groups excluding tert-OH is 3. The van der Waals surface area contributed by atoms with Crippen molar-refractivity contribution in [1.82, 2.24) is 0 Å². The fraction of sp³-hybridized carbons (Fsp3) is 0.762. The Morgan fingerprint density at radius 3 is 2.73 bits per heavy atom. The minimum absolute atomic E-state index is 0.0125. The molecule has 0 heterocycles. The molecule has 26 heavy (non-hydrogen) atoms. The third-order valence-electron chi connectivity index (χ3n) is 8.44. The second-order valence-electron chi connectivity index (χ2n) is 9.37. The Morgan fingerprint density at radius 2 is 2.04 bits per heavy atom. The Balaban J connectivity index is 1.74. The van der Waals surface area contributed by atoms with Gasteiger partial charge in [0.2, 0.25) is 0 Å². The van der Waals surface area contributed by atoms with Crippen molar-refractivity contribution < 1.29 is 25.2 Å². The van der Waals surface area contributed by atoms with Crippen LogP contribution < -0.4 is 0 Å². The molecule has 0 bridgehead atoms. The van der Waals surface area contributed by atoms with E-state index in [1.165, 1.54) is 0 Å². The zero-order chi connectivity index (χ0) is 18.9. The fourth-order valence-electron chi connectivity index (χ4n) is 7.06. The minimum Gasteiger partial charge on any atom is -0.394 e. The Morgan fingerprint density at radius 1 is 1.31 bits per heavy atom. The first-order chi connectivity index (χ1) is 12.2. The maximum Gasteiger partial charge on any atom is 0.178 e. The molecule has 5 nitrogen and oxygen atoms in total. The third-order valence-corrected chi connectivity index (χ3v) is 8.44. The minimum atomic E-state index is -1.37. The van der Waals surface area contributed by atoms with Gasteiger partial charge in [-0.05, 0) is 56.1 Å². The van der Waals surface area contributed by atoms with Crippen molar-refractivity contribution in [3.63, 3.8) is 0 Å². The van der Waals surface area contributed by atoms with E-state index in [0.717, 1.165) is 24.8 Å². The van der Waals surface area contributed by atoms with Gasteiger partial charge >= 0.3 is 0 Å². The second kappa shape index (κ2) is 5.74. The van der Waals surface area contributed by atoms with Gasteiger partial charge in [0.1, 0.15) is 6.10 Å². The Hall–Kier alpha value is -1.01. The summed E-state index contributed by atoms with van der Waals surface area (Å²) in [6.45, 7) is 3.61. The first-order valence-corrected chi connectivity index (χ1v) is 9.81. The number of aliphatic hydroxyl groups is 4. The maximum atomic E-state index is 11.8. The van der Waals surface area contributed by atoms with E-state index in [1.807, 2.05) is 13.0 Å². The number of hydrogen-bond acceptors (Lipinski definition) is 5. The number of rotatable bonds is 2. The van der Waals surface area contributed by atoms with Crippen molar-refractivity contribution in [2.75, 3.05) is 6.61 Å². The molecule has 0 saturated heterocycles. The van der Waals surface area contributed by atoms with Crippen LogP contribution in [0.15, 0.2) is 23.8 Å². The Kier molecular flexibility index (Phi) is 4.05. The summed E-state index contributed by atoms with van der Waals surface area (Å²) >= 11 is 0. The van der Waals surface area contributed by atoms with Crippen molar-refractivity contribution in [3.8, 4) is 0 Å². The maximum absolute atomic E-state index is 11.8. The number of ketones is 1. The molecule has 0 radical (unpaired) electrons. The van der Waals surface area contributed by atoms with Gasteiger partial charge in [0.25, 0.3) is 0 Å². The molecule has 144 valence electrons. The molecule has 5 heteroatoms. The van der Waals surface area contributed by atoms with Gasteiger partial charge in [0.05, 0.1) is 18.3 Å². The number of allylic oxidation sites excluding steroid dienone is 4. The average Bonchev–Trinajstić information content (AvgIpc) is 2.86. The average molecular weight is 362 g/mol. The third kappa shape index (κ3) is 2.15. The van der Waals surface area contributed by atoms with Gasteiger partial charge in [-0.25, -0.2) is 0 Å². The highest BCUT2D eigenvalue weighted by Crippen LogP contribution is 2.67. The van der Waals surface area contributed by atoms with Gasteiger partial charge in [0.15, 0.2) is 5.78 Å². The normalized spacial score (nSPS) is 51.3. The molecule has 0 aromatic rings. The molecular formula is C21H30O5. The van der Waals surface area contributed by atoms with E-state index in [0.29, 0.717) is 12.8 Å². The van der Waals surface area contributed by atoms with Crippen molar-refractivity contribution in [3.05, 3.63) is 23.8 Å². The summed E-state index contributed by atoms with van der Waals surface area (Å²) in [6, 6.07) is 0. The molecule has 0 aromatic carbocycles. The van der Waals surface area contributed by atoms with E-state index in [9.17, 15) is 25.2 Å². The highest BCUT2D eigenvalue weighted by molar-refractivity contribution is 6.01. The van der Waals surface area contributed by atoms with Crippen LogP contribution in [0.5, 0.6) is 0 Å². The molecular weight excluding hydrogens is 332 g/mol. The van der Waals surface area contributed by atoms with E-state index in [4.69, 9.17) is 0 Å². The molecule has 4 aliphatic carbocycles. The predicted molar refractivity (Wildman–Crippen MR) is 96.0 cm³/mol. The van der Waals surface area contributed by atoms with Crippen LogP contribution in [0.25, 0.3) is 0 Å². The molecule has 4 N–H and O–H groups in total. The van der Waals surface area contributed by atoms with Crippen LogP contribution in [0.1, 0.15) is 46.0 Å². The number of carbonyl (C=O) groups excluding carboxylic acids is 1. The van der Waals surface area contributed by atoms with Crippen LogP contribution in [0.3, 0.4) is 0 Å². The monoisotopic (exact) mass is 362 g/mol. The summed E-state index contributed by atoms with van der Waals surface area (Å²) in [4.78, 5) is 11.8. The zero-order valence-corrected chi connectivity index (χ0v) is 15.6. The van der Waals surface area contributed by atoms with Gasteiger partial charge in [-0.2, -0.15) is 0 Å². The van der Waals surface area contributed by atoms with Crippen molar-refractivity contribution in [2.45, 2.75) is 63.8 Å². The van der Waals surface area contributed by atoms with Crippen LogP contribution in [0.4, 0.5) is 0 Å². The van der Waals surface area contributed by atoms with Crippen LogP contribution in [0.2, 0.25) is 0 Å². The summed E-state index contributed by atoms with van der Waals surface area (Å²) in [5.74, 6) is 0.445. The van der Waals surface area contributed by atoms with Gasteiger partial charge in [0, 0.05) is 16.7 Å². The Labute approximate surface area is 154 Å². The van der Waals surface area contributed by atoms with Gasteiger partial charge in [-0.15, -0.1) is 0 Å². The lowest BCUT2D eigenvalue weighted by Crippen LogP contribution is -2.62. The summed E-state index contributed by atoms with van der Waals surface area (Å²) in [6.07, 6.45) is 6.85. The second-order valence-corrected chi connectivity index (χ2v) is 9.37. The van der Waals surface area contributed by atoms with Crippen LogP contribution in [0, 0.1) is 28.6 Å². The lowest BCUT2D eigenvalue weighted by Gasteiger charge is -2.60. The van der Waals surface area contributed by atoms with Crippen LogP contribution in [-0.4, -0.2) is 50.6 Å². The quantitative estimate of drug-likeness (QED) is 0.594. The SMILES string of the molecule is C[C@]12C=CC(=O)C=C1CCC1C2[C@@H](O)C[C@@]2(C)C1CC[C@]2(O)C(O)CO. The van der Waals surface area contributed by atoms with E-state index in [2.05, 4.69) is 6.92 Å². The first-order valence-electron chi connectivity index (χ1n) is 9.81. The number of hydrogen-bond donors (Lipinski definition) is 4. The van der Waals surface area contributed by atoms with E-state index in [-0.39, 0.29) is 29.0 Å². The summed E-state index contributed by atoms with van der Waals surface area (Å²) in [5.41, 5.74) is -1.21. The molecule has 4 unspecified atom stereocenters. The zero-order valence-electron chi connectivity index (χ0n) is 15.6. The van der Waals surface area contributed by atoms with E-state index in [1.54, 1.807) is 12.2 Å². The molecule has 4 rings (SSSR count). The molecule has 3 fully saturated rings. The number of carbonyl (C=O) groups is 1. The topological polar surface area (TPSA) is 98.0 Å². The van der Waals surface area contributed by atoms with E-state index >= 15 is 0 Å². The van der Waals surface area contributed by atoms with Crippen molar-refractivity contribution in [1.29, 1.82) is 0 Å². The summed E-state index contributed by atoms with van der Waals surface area (Å²) in [5, 5.41) is 42.2. The molecule has 8 atom stereocenters. The van der Waals surface area contributed by atoms with Gasteiger partial charge < -0.3 is 20.4 Å².